The highest BCUT2D eigenvalue weighted by atomic mass is 16.1. The lowest BCUT2D eigenvalue weighted by Gasteiger charge is -2.14. The summed E-state index contributed by atoms with van der Waals surface area (Å²) in [6, 6.07) is 0.222. The highest BCUT2D eigenvalue weighted by molar-refractivity contribution is 5.82. The van der Waals surface area contributed by atoms with Crippen LogP contribution >= 0.6 is 0 Å². The maximum absolute atomic E-state index is 12.0. The zero-order valence-electron chi connectivity index (χ0n) is 14.1. The minimum Gasteiger partial charge on any atom is -0.368 e. The molecule has 0 spiro atoms. The predicted octanol–water partition coefficient (Wildman–Crippen LogP) is 2.49. The van der Waals surface area contributed by atoms with Gasteiger partial charge >= 0.3 is 0 Å². The summed E-state index contributed by atoms with van der Waals surface area (Å²) in [5, 5.41) is 6.19. The number of anilines is 1. The molecule has 0 aliphatic rings. The molecule has 0 aromatic carbocycles. The first-order valence-corrected chi connectivity index (χ1v) is 8.23. The van der Waals surface area contributed by atoms with E-state index in [0.29, 0.717) is 30.3 Å². The number of amides is 1. The van der Waals surface area contributed by atoms with Gasteiger partial charge in [-0.2, -0.15) is 0 Å². The van der Waals surface area contributed by atoms with Crippen LogP contribution in [0.25, 0.3) is 11.2 Å². The molecule has 0 saturated heterocycles. The fourth-order valence-corrected chi connectivity index (χ4v) is 2.44. The van der Waals surface area contributed by atoms with Gasteiger partial charge in [-0.05, 0) is 19.3 Å². The fourth-order valence-electron chi connectivity index (χ4n) is 2.44. The van der Waals surface area contributed by atoms with Crippen molar-refractivity contribution in [2.24, 2.45) is 5.92 Å². The Morgan fingerprint density at radius 1 is 1.22 bits per heavy atom. The molecule has 126 valence electrons. The summed E-state index contributed by atoms with van der Waals surface area (Å²) in [6.45, 7) is 7.03. The Kier molecular flexibility index (Phi) is 6.31. The normalized spacial score (nSPS) is 12.5. The molecule has 0 fully saturated rings. The lowest BCUT2D eigenvalue weighted by atomic mass is 10.0. The van der Waals surface area contributed by atoms with Crippen LogP contribution in [0.15, 0.2) is 12.7 Å². The topological polar surface area (TPSA) is 95.6 Å². The van der Waals surface area contributed by atoms with Crippen molar-refractivity contribution in [3.8, 4) is 0 Å². The first-order valence-electron chi connectivity index (χ1n) is 8.23. The average Bonchev–Trinajstić information content (AvgIpc) is 2.96. The van der Waals surface area contributed by atoms with Gasteiger partial charge in [0.05, 0.1) is 6.33 Å². The van der Waals surface area contributed by atoms with Crippen LogP contribution in [0.1, 0.15) is 46.5 Å². The Balaban J connectivity index is 1.69. The first-order chi connectivity index (χ1) is 11.1. The summed E-state index contributed by atoms with van der Waals surface area (Å²) < 4.78 is 0. The van der Waals surface area contributed by atoms with Gasteiger partial charge < -0.3 is 15.6 Å². The van der Waals surface area contributed by atoms with E-state index in [-0.39, 0.29) is 11.9 Å². The Hall–Kier alpha value is -2.18. The lowest BCUT2D eigenvalue weighted by Crippen LogP contribution is -2.33. The van der Waals surface area contributed by atoms with E-state index in [2.05, 4.69) is 51.3 Å². The van der Waals surface area contributed by atoms with E-state index in [0.717, 1.165) is 18.4 Å². The van der Waals surface area contributed by atoms with E-state index < -0.39 is 0 Å². The third-order valence-electron chi connectivity index (χ3n) is 3.69. The zero-order valence-corrected chi connectivity index (χ0v) is 14.1. The Morgan fingerprint density at radius 2 is 2.04 bits per heavy atom. The van der Waals surface area contributed by atoms with Crippen LogP contribution in [0.3, 0.4) is 0 Å². The van der Waals surface area contributed by atoms with Crippen molar-refractivity contribution >= 4 is 22.9 Å². The number of H-pyrrole nitrogens is 1. The summed E-state index contributed by atoms with van der Waals surface area (Å²) >= 11 is 0. The Bertz CT molecular complexity index is 624. The molecule has 0 aliphatic heterocycles. The molecule has 1 amide bonds. The van der Waals surface area contributed by atoms with Crippen LogP contribution in [0.2, 0.25) is 0 Å². The number of imidazole rings is 1. The molecular weight excluding hydrogens is 292 g/mol. The van der Waals surface area contributed by atoms with Crippen LogP contribution in [0.4, 0.5) is 5.82 Å². The van der Waals surface area contributed by atoms with Crippen LogP contribution in [0, 0.1) is 5.92 Å². The molecule has 2 aromatic heterocycles. The number of carbonyl (C=O) groups is 1. The second kappa shape index (κ2) is 8.45. The van der Waals surface area contributed by atoms with E-state index in [9.17, 15) is 4.79 Å². The highest BCUT2D eigenvalue weighted by Gasteiger charge is 2.09. The first kappa shape index (κ1) is 17.2. The largest absolute Gasteiger partial charge is 0.368 e. The second-order valence-corrected chi connectivity index (χ2v) is 6.29. The van der Waals surface area contributed by atoms with Gasteiger partial charge in [0.1, 0.15) is 11.8 Å². The van der Waals surface area contributed by atoms with E-state index >= 15 is 0 Å². The molecule has 2 heterocycles. The summed E-state index contributed by atoms with van der Waals surface area (Å²) in [6.07, 6.45) is 6.83. The highest BCUT2D eigenvalue weighted by Crippen LogP contribution is 2.14. The molecule has 0 saturated carbocycles. The maximum atomic E-state index is 12.0. The number of aromatic amines is 1. The third-order valence-corrected chi connectivity index (χ3v) is 3.69. The quantitative estimate of drug-likeness (QED) is 0.660. The molecule has 7 nitrogen and oxygen atoms in total. The van der Waals surface area contributed by atoms with Crippen LogP contribution < -0.4 is 10.6 Å². The molecule has 0 bridgehead atoms. The summed E-state index contributed by atoms with van der Waals surface area (Å²) in [4.78, 5) is 27.2. The van der Waals surface area contributed by atoms with E-state index in [4.69, 9.17) is 0 Å². The monoisotopic (exact) mass is 318 g/mol. The van der Waals surface area contributed by atoms with Gasteiger partial charge in [0.25, 0.3) is 0 Å². The van der Waals surface area contributed by atoms with Crippen LogP contribution in [-0.4, -0.2) is 38.4 Å². The molecule has 0 aliphatic carbocycles. The second-order valence-electron chi connectivity index (χ2n) is 6.29. The number of carbonyl (C=O) groups excluding carboxylic acids is 1. The Morgan fingerprint density at radius 3 is 2.83 bits per heavy atom. The molecule has 23 heavy (non-hydrogen) atoms. The van der Waals surface area contributed by atoms with Crippen molar-refractivity contribution < 1.29 is 4.79 Å². The summed E-state index contributed by atoms with van der Waals surface area (Å²) in [7, 11) is 0. The van der Waals surface area contributed by atoms with Gasteiger partial charge in [0.2, 0.25) is 5.91 Å². The minimum atomic E-state index is 0.0597. The average molecular weight is 318 g/mol. The maximum Gasteiger partial charge on any atom is 0.221 e. The summed E-state index contributed by atoms with van der Waals surface area (Å²) in [5.41, 5.74) is 1.38. The van der Waals surface area contributed by atoms with Gasteiger partial charge in [-0.3, -0.25) is 4.79 Å². The number of hydrogen-bond donors (Lipinski definition) is 3. The van der Waals surface area contributed by atoms with E-state index in [1.54, 1.807) is 6.33 Å². The molecule has 2 rings (SSSR count). The third kappa shape index (κ3) is 5.50. The standard InChI is InChI=1S/C16H26N6O/c1-11(2)5-4-6-12(3)22-13(23)7-8-17-15-14-16(19-9-18-14)21-10-20-15/h9-12H,4-8H2,1-3H3,(H,22,23)(H2,17,18,19,20,21)/t12-/m1/s1. The van der Waals surface area contributed by atoms with Gasteiger partial charge in [-0.15, -0.1) is 0 Å². The Labute approximate surface area is 136 Å². The van der Waals surface area contributed by atoms with E-state index in [1.165, 1.54) is 12.7 Å². The van der Waals surface area contributed by atoms with E-state index in [1.807, 2.05) is 0 Å². The zero-order chi connectivity index (χ0) is 16.7. The fraction of sp³-hybridized carbons (Fsp3) is 0.625. The van der Waals surface area contributed by atoms with Gasteiger partial charge in [0.15, 0.2) is 11.5 Å². The molecule has 0 unspecified atom stereocenters. The smallest absolute Gasteiger partial charge is 0.221 e. The van der Waals surface area contributed by atoms with Gasteiger partial charge in [0, 0.05) is 19.0 Å². The predicted molar refractivity (Wildman–Crippen MR) is 91.1 cm³/mol. The molecule has 3 N–H and O–H groups in total. The van der Waals surface area contributed by atoms with Crippen LogP contribution in [-0.2, 0) is 4.79 Å². The molecule has 7 heteroatoms. The van der Waals surface area contributed by atoms with Gasteiger partial charge in [-0.1, -0.05) is 26.7 Å². The number of fused-ring (bicyclic) bond motifs is 1. The van der Waals surface area contributed by atoms with Crippen molar-refractivity contribution in [3.05, 3.63) is 12.7 Å². The number of nitrogens with one attached hydrogen (secondary N) is 3. The van der Waals surface area contributed by atoms with Crippen LogP contribution in [0.5, 0.6) is 0 Å². The SMILES string of the molecule is CC(C)CCC[C@@H](C)NC(=O)CCNc1ncnc2nc[nH]c12. The number of rotatable bonds is 9. The molecule has 2 aromatic rings. The number of hydrogen-bond acceptors (Lipinski definition) is 5. The molecular formula is C16H26N6O. The molecule has 0 radical (unpaired) electrons. The van der Waals surface area contributed by atoms with Crippen molar-refractivity contribution in [2.45, 2.75) is 52.5 Å². The lowest BCUT2D eigenvalue weighted by molar-refractivity contribution is -0.121. The number of nitrogens with zero attached hydrogens (tertiary/aromatic N) is 3. The van der Waals surface area contributed by atoms with Crippen molar-refractivity contribution in [3.63, 3.8) is 0 Å². The van der Waals surface area contributed by atoms with Crippen molar-refractivity contribution in [2.75, 3.05) is 11.9 Å². The van der Waals surface area contributed by atoms with Crippen molar-refractivity contribution in [1.29, 1.82) is 0 Å². The molecule has 1 atom stereocenters. The number of aromatic nitrogens is 4. The van der Waals surface area contributed by atoms with Gasteiger partial charge in [-0.25, -0.2) is 15.0 Å². The van der Waals surface area contributed by atoms with Crippen molar-refractivity contribution in [1.82, 2.24) is 25.3 Å². The summed E-state index contributed by atoms with van der Waals surface area (Å²) in [5.74, 6) is 1.45. The minimum absolute atomic E-state index is 0.0597.